The van der Waals surface area contributed by atoms with Gasteiger partial charge in [0.15, 0.2) is 0 Å². The van der Waals surface area contributed by atoms with E-state index in [4.69, 9.17) is 4.98 Å². The van der Waals surface area contributed by atoms with Crippen LogP contribution in [0.1, 0.15) is 15.9 Å². The van der Waals surface area contributed by atoms with Gasteiger partial charge in [0, 0.05) is 49.5 Å². The molecule has 160 valence electrons. The van der Waals surface area contributed by atoms with Gasteiger partial charge in [0.25, 0.3) is 5.91 Å². The molecule has 1 amide bonds. The van der Waals surface area contributed by atoms with Crippen molar-refractivity contribution in [1.29, 1.82) is 0 Å². The molecule has 6 heteroatoms. The zero-order chi connectivity index (χ0) is 22.1. The number of piperazine rings is 1. The highest BCUT2D eigenvalue weighted by atomic mass is 19.1. The summed E-state index contributed by atoms with van der Waals surface area (Å²) in [7, 11) is 0. The normalized spacial score (nSPS) is 14.1. The summed E-state index contributed by atoms with van der Waals surface area (Å²) in [6.45, 7) is 4.25. The molecule has 0 aliphatic carbocycles. The van der Waals surface area contributed by atoms with Crippen molar-refractivity contribution < 1.29 is 9.18 Å². The molecule has 32 heavy (non-hydrogen) atoms. The molecule has 0 bridgehead atoms. The first-order chi connectivity index (χ1) is 15.6. The van der Waals surface area contributed by atoms with E-state index in [0.717, 1.165) is 27.7 Å². The first-order valence-electron chi connectivity index (χ1n) is 10.7. The maximum atomic E-state index is 14.2. The highest BCUT2D eigenvalue weighted by Crippen LogP contribution is 2.27. The first-order valence-corrected chi connectivity index (χ1v) is 10.7. The van der Waals surface area contributed by atoms with E-state index in [2.05, 4.69) is 4.98 Å². The zero-order valence-electron chi connectivity index (χ0n) is 17.8. The Kier molecular flexibility index (Phi) is 5.27. The van der Waals surface area contributed by atoms with Gasteiger partial charge in [0.1, 0.15) is 5.82 Å². The number of para-hydroxylation sites is 1. The predicted molar refractivity (Wildman–Crippen MR) is 124 cm³/mol. The number of nitrogens with zero attached hydrogens (tertiary/aromatic N) is 4. The number of amides is 1. The summed E-state index contributed by atoms with van der Waals surface area (Å²) in [6, 6.07) is 18.4. The maximum Gasteiger partial charge on any atom is 0.254 e. The van der Waals surface area contributed by atoms with Crippen molar-refractivity contribution in [2.24, 2.45) is 0 Å². The number of carbonyl (C=O) groups is 1. The molecule has 5 nitrogen and oxygen atoms in total. The van der Waals surface area contributed by atoms with Crippen LogP contribution in [-0.2, 0) is 0 Å². The number of aromatic nitrogens is 2. The van der Waals surface area contributed by atoms with Crippen molar-refractivity contribution in [2.75, 3.05) is 31.1 Å². The highest BCUT2D eigenvalue weighted by Gasteiger charge is 2.25. The lowest BCUT2D eigenvalue weighted by atomic mass is 10.0. The first kappa shape index (κ1) is 20.1. The van der Waals surface area contributed by atoms with Gasteiger partial charge in [-0.25, -0.2) is 9.37 Å². The van der Waals surface area contributed by atoms with Crippen LogP contribution in [0, 0.1) is 12.7 Å². The number of benzene rings is 2. The van der Waals surface area contributed by atoms with Gasteiger partial charge in [0.05, 0.1) is 22.5 Å². The van der Waals surface area contributed by atoms with E-state index in [1.54, 1.807) is 24.5 Å². The van der Waals surface area contributed by atoms with E-state index in [9.17, 15) is 9.18 Å². The second-order valence-electron chi connectivity index (χ2n) is 8.05. The van der Waals surface area contributed by atoms with E-state index in [1.165, 1.54) is 6.07 Å². The SMILES string of the molecule is Cc1ccc2nc(-c3cccnc3)cc(C(=O)N3CCN(c4ccccc4F)CC3)c2c1. The molecular weight excluding hydrogens is 403 g/mol. The van der Waals surface area contributed by atoms with Crippen LogP contribution in [0.5, 0.6) is 0 Å². The Hall–Kier alpha value is -3.80. The summed E-state index contributed by atoms with van der Waals surface area (Å²) in [4.78, 5) is 26.4. The Bertz CT molecular complexity index is 1280. The summed E-state index contributed by atoms with van der Waals surface area (Å²) in [6.07, 6.45) is 3.47. The number of anilines is 1. The van der Waals surface area contributed by atoms with Crippen LogP contribution in [0.25, 0.3) is 22.2 Å². The lowest BCUT2D eigenvalue weighted by molar-refractivity contribution is 0.0748. The average Bonchev–Trinajstić information content (AvgIpc) is 2.84. The average molecular weight is 426 g/mol. The molecule has 1 saturated heterocycles. The summed E-state index contributed by atoms with van der Waals surface area (Å²) >= 11 is 0. The molecule has 3 heterocycles. The number of fused-ring (bicyclic) bond motifs is 1. The minimum Gasteiger partial charge on any atom is -0.366 e. The number of aryl methyl sites for hydroxylation is 1. The molecule has 0 radical (unpaired) electrons. The van der Waals surface area contributed by atoms with Crippen LogP contribution in [0.15, 0.2) is 73.1 Å². The van der Waals surface area contributed by atoms with E-state index in [1.807, 2.05) is 59.2 Å². The van der Waals surface area contributed by atoms with Crippen molar-refractivity contribution in [1.82, 2.24) is 14.9 Å². The summed E-state index contributed by atoms with van der Waals surface area (Å²) in [5.41, 5.74) is 4.67. The summed E-state index contributed by atoms with van der Waals surface area (Å²) in [5.74, 6) is -0.259. The summed E-state index contributed by atoms with van der Waals surface area (Å²) < 4.78 is 14.2. The van der Waals surface area contributed by atoms with Crippen molar-refractivity contribution in [3.63, 3.8) is 0 Å². The van der Waals surface area contributed by atoms with Crippen LogP contribution in [0.3, 0.4) is 0 Å². The third-order valence-electron chi connectivity index (χ3n) is 5.91. The monoisotopic (exact) mass is 426 g/mol. The van der Waals surface area contributed by atoms with Crippen molar-refractivity contribution in [3.05, 3.63) is 90.0 Å². The van der Waals surface area contributed by atoms with Gasteiger partial charge >= 0.3 is 0 Å². The second-order valence-corrected chi connectivity index (χ2v) is 8.05. The third-order valence-corrected chi connectivity index (χ3v) is 5.91. The lowest BCUT2D eigenvalue weighted by Crippen LogP contribution is -2.49. The minimum atomic E-state index is -0.232. The van der Waals surface area contributed by atoms with Crippen molar-refractivity contribution in [3.8, 4) is 11.3 Å². The standard InChI is InChI=1S/C26H23FN4O/c1-18-8-9-23-20(15-18)21(16-24(29-23)19-5-4-10-28-17-19)26(32)31-13-11-30(12-14-31)25-7-3-2-6-22(25)27/h2-10,15-17H,11-14H2,1H3. The van der Waals surface area contributed by atoms with Gasteiger partial charge in [0.2, 0.25) is 0 Å². The minimum absolute atomic E-state index is 0.0266. The molecule has 1 fully saturated rings. The zero-order valence-corrected chi connectivity index (χ0v) is 17.8. The van der Waals surface area contributed by atoms with Gasteiger partial charge in [-0.2, -0.15) is 0 Å². The fourth-order valence-corrected chi connectivity index (χ4v) is 4.21. The van der Waals surface area contributed by atoms with E-state index in [0.29, 0.717) is 37.4 Å². The molecule has 1 aliphatic heterocycles. The predicted octanol–water partition coefficient (Wildman–Crippen LogP) is 4.71. The van der Waals surface area contributed by atoms with Crippen LogP contribution < -0.4 is 4.90 Å². The molecular formula is C26H23FN4O. The van der Waals surface area contributed by atoms with Crippen LogP contribution >= 0.6 is 0 Å². The van der Waals surface area contributed by atoms with Gasteiger partial charge < -0.3 is 9.80 Å². The third kappa shape index (κ3) is 3.80. The Morgan fingerprint density at radius 1 is 0.969 bits per heavy atom. The smallest absolute Gasteiger partial charge is 0.254 e. The lowest BCUT2D eigenvalue weighted by Gasteiger charge is -2.36. The fourth-order valence-electron chi connectivity index (χ4n) is 4.21. The Labute approximate surface area is 186 Å². The molecule has 4 aromatic rings. The van der Waals surface area contributed by atoms with Crippen LogP contribution in [-0.4, -0.2) is 47.0 Å². The van der Waals surface area contributed by atoms with Crippen LogP contribution in [0.4, 0.5) is 10.1 Å². The number of halogens is 1. The maximum absolute atomic E-state index is 14.2. The van der Waals surface area contributed by atoms with Gasteiger partial charge in [-0.05, 0) is 49.4 Å². The molecule has 1 aliphatic rings. The van der Waals surface area contributed by atoms with Crippen molar-refractivity contribution in [2.45, 2.75) is 6.92 Å². The Morgan fingerprint density at radius 3 is 2.53 bits per heavy atom. The summed E-state index contributed by atoms with van der Waals surface area (Å²) in [5, 5.41) is 0.846. The molecule has 0 unspecified atom stereocenters. The number of hydrogen-bond acceptors (Lipinski definition) is 4. The van der Waals surface area contributed by atoms with Gasteiger partial charge in [-0.1, -0.05) is 23.8 Å². The molecule has 2 aromatic heterocycles. The molecule has 0 spiro atoms. The fraction of sp³-hybridized carbons (Fsp3) is 0.192. The van der Waals surface area contributed by atoms with E-state index < -0.39 is 0 Å². The largest absolute Gasteiger partial charge is 0.366 e. The highest BCUT2D eigenvalue weighted by molar-refractivity contribution is 6.07. The van der Waals surface area contributed by atoms with Crippen LogP contribution in [0.2, 0.25) is 0 Å². The number of carbonyl (C=O) groups excluding carboxylic acids is 1. The second kappa shape index (κ2) is 8.38. The topological polar surface area (TPSA) is 49.3 Å². The number of pyridine rings is 2. The molecule has 5 rings (SSSR count). The Balaban J connectivity index is 1.47. The van der Waals surface area contributed by atoms with Crippen molar-refractivity contribution >= 4 is 22.5 Å². The van der Waals surface area contributed by atoms with Gasteiger partial charge in [-0.15, -0.1) is 0 Å². The Morgan fingerprint density at radius 2 is 1.78 bits per heavy atom. The van der Waals surface area contributed by atoms with E-state index >= 15 is 0 Å². The molecule has 0 saturated carbocycles. The molecule has 0 atom stereocenters. The van der Waals surface area contributed by atoms with Gasteiger partial charge in [-0.3, -0.25) is 9.78 Å². The molecule has 2 aromatic carbocycles. The van der Waals surface area contributed by atoms with E-state index in [-0.39, 0.29) is 11.7 Å². The number of hydrogen-bond donors (Lipinski definition) is 0. The quantitative estimate of drug-likeness (QED) is 0.476. The molecule has 0 N–H and O–H groups in total. The number of rotatable bonds is 3.